The molecule has 0 aliphatic rings. The molecule has 98 valence electrons. The summed E-state index contributed by atoms with van der Waals surface area (Å²) in [6, 6.07) is 0. The van der Waals surface area contributed by atoms with Gasteiger partial charge < -0.3 is 5.73 Å². The molecular formula is C12H19N5S. The zero-order valence-corrected chi connectivity index (χ0v) is 12.1. The van der Waals surface area contributed by atoms with Gasteiger partial charge in [-0.3, -0.25) is 0 Å². The van der Waals surface area contributed by atoms with Crippen molar-refractivity contribution in [1.82, 2.24) is 20.0 Å². The number of nitrogen functional groups attached to an aromatic ring is 1. The molecule has 0 saturated carbocycles. The average molecular weight is 265 g/mol. The Balaban J connectivity index is 2.21. The van der Waals surface area contributed by atoms with Crippen LogP contribution in [0.15, 0.2) is 5.38 Å². The van der Waals surface area contributed by atoms with E-state index < -0.39 is 0 Å². The van der Waals surface area contributed by atoms with E-state index in [0.29, 0.717) is 12.4 Å². The smallest absolute Gasteiger partial charge is 0.169 e. The quantitative estimate of drug-likeness (QED) is 0.924. The topological polar surface area (TPSA) is 69.6 Å². The van der Waals surface area contributed by atoms with Crippen molar-refractivity contribution < 1.29 is 0 Å². The predicted octanol–water partition coefficient (Wildman–Crippen LogP) is 2.22. The van der Waals surface area contributed by atoms with Gasteiger partial charge in [0.25, 0.3) is 0 Å². The SMILES string of the molecule is CCc1c(N)nnn1Cc1nc(C(C)(C)C)cs1. The Hall–Kier alpha value is -1.43. The van der Waals surface area contributed by atoms with Crippen LogP contribution < -0.4 is 5.73 Å². The third-order valence-corrected chi connectivity index (χ3v) is 3.64. The van der Waals surface area contributed by atoms with Crippen molar-refractivity contribution in [1.29, 1.82) is 0 Å². The summed E-state index contributed by atoms with van der Waals surface area (Å²) in [4.78, 5) is 4.65. The molecule has 0 bridgehead atoms. The van der Waals surface area contributed by atoms with Crippen molar-refractivity contribution in [2.75, 3.05) is 5.73 Å². The Morgan fingerprint density at radius 3 is 2.67 bits per heavy atom. The summed E-state index contributed by atoms with van der Waals surface area (Å²) < 4.78 is 1.83. The summed E-state index contributed by atoms with van der Waals surface area (Å²) >= 11 is 1.66. The van der Waals surface area contributed by atoms with E-state index >= 15 is 0 Å². The Kier molecular flexibility index (Phi) is 3.38. The first kappa shape index (κ1) is 13.0. The van der Waals surface area contributed by atoms with Crippen molar-refractivity contribution in [3.05, 3.63) is 21.8 Å². The zero-order valence-electron chi connectivity index (χ0n) is 11.3. The molecule has 0 unspecified atom stereocenters. The lowest BCUT2D eigenvalue weighted by Crippen LogP contribution is -2.12. The second-order valence-electron chi connectivity index (χ2n) is 5.31. The van der Waals surface area contributed by atoms with Gasteiger partial charge >= 0.3 is 0 Å². The fraction of sp³-hybridized carbons (Fsp3) is 0.583. The van der Waals surface area contributed by atoms with Gasteiger partial charge in [-0.25, -0.2) is 9.67 Å². The molecule has 2 aromatic rings. The van der Waals surface area contributed by atoms with Crippen molar-refractivity contribution in [2.45, 2.75) is 46.1 Å². The maximum Gasteiger partial charge on any atom is 0.169 e. The first-order valence-corrected chi connectivity index (χ1v) is 6.92. The second kappa shape index (κ2) is 4.68. The molecule has 0 saturated heterocycles. The molecule has 2 aromatic heterocycles. The van der Waals surface area contributed by atoms with E-state index in [1.165, 1.54) is 0 Å². The van der Waals surface area contributed by atoms with Gasteiger partial charge in [-0.05, 0) is 6.42 Å². The standard InChI is InChI=1S/C12H19N5S/c1-5-8-11(13)15-16-17(8)6-10-14-9(7-18-10)12(2,3)4/h7H,5-6,13H2,1-4H3. The minimum atomic E-state index is 0.0870. The van der Waals surface area contributed by atoms with Crippen LogP contribution in [0.25, 0.3) is 0 Å². The first-order valence-electron chi connectivity index (χ1n) is 6.04. The molecule has 2 N–H and O–H groups in total. The van der Waals surface area contributed by atoms with Gasteiger partial charge in [0.05, 0.1) is 17.9 Å². The lowest BCUT2D eigenvalue weighted by molar-refractivity contribution is 0.564. The fourth-order valence-corrected chi connectivity index (χ4v) is 2.69. The molecule has 0 atom stereocenters. The highest BCUT2D eigenvalue weighted by Crippen LogP contribution is 2.24. The number of rotatable bonds is 3. The number of hydrogen-bond acceptors (Lipinski definition) is 5. The highest BCUT2D eigenvalue weighted by molar-refractivity contribution is 7.09. The number of hydrogen-bond donors (Lipinski definition) is 1. The summed E-state index contributed by atoms with van der Waals surface area (Å²) in [7, 11) is 0. The maximum absolute atomic E-state index is 5.77. The predicted molar refractivity (Wildman–Crippen MR) is 73.7 cm³/mol. The van der Waals surface area contributed by atoms with E-state index in [1.807, 2.05) is 11.6 Å². The van der Waals surface area contributed by atoms with Crippen LogP contribution in [0.4, 0.5) is 5.82 Å². The minimum absolute atomic E-state index is 0.0870. The van der Waals surface area contributed by atoms with Gasteiger partial charge in [-0.1, -0.05) is 32.9 Å². The third kappa shape index (κ3) is 2.53. The Morgan fingerprint density at radius 1 is 1.39 bits per heavy atom. The molecule has 0 fully saturated rings. The molecule has 0 radical (unpaired) electrons. The van der Waals surface area contributed by atoms with Crippen LogP contribution in [0.3, 0.4) is 0 Å². The van der Waals surface area contributed by atoms with Crippen molar-refractivity contribution in [2.24, 2.45) is 0 Å². The van der Waals surface area contributed by atoms with Crippen LogP contribution in [-0.4, -0.2) is 20.0 Å². The molecular weight excluding hydrogens is 246 g/mol. The summed E-state index contributed by atoms with van der Waals surface area (Å²) in [5.74, 6) is 0.519. The van der Waals surface area contributed by atoms with E-state index in [-0.39, 0.29) is 5.41 Å². The molecule has 0 spiro atoms. The normalized spacial score (nSPS) is 12.0. The molecule has 0 amide bonds. The molecule has 0 aliphatic heterocycles. The minimum Gasteiger partial charge on any atom is -0.381 e. The molecule has 18 heavy (non-hydrogen) atoms. The van der Waals surface area contributed by atoms with Crippen LogP contribution in [0.2, 0.25) is 0 Å². The van der Waals surface area contributed by atoms with Crippen LogP contribution in [-0.2, 0) is 18.4 Å². The van der Waals surface area contributed by atoms with E-state index in [9.17, 15) is 0 Å². The van der Waals surface area contributed by atoms with E-state index in [2.05, 4.69) is 41.4 Å². The summed E-state index contributed by atoms with van der Waals surface area (Å²) in [6.07, 6.45) is 0.830. The third-order valence-electron chi connectivity index (χ3n) is 2.81. The molecule has 2 rings (SSSR count). The van der Waals surface area contributed by atoms with E-state index in [4.69, 9.17) is 5.73 Å². The van der Waals surface area contributed by atoms with Crippen LogP contribution in [0.1, 0.15) is 44.1 Å². The lowest BCUT2D eigenvalue weighted by Gasteiger charge is -2.14. The van der Waals surface area contributed by atoms with Gasteiger partial charge in [-0.15, -0.1) is 16.4 Å². The van der Waals surface area contributed by atoms with Crippen molar-refractivity contribution in [3.63, 3.8) is 0 Å². The lowest BCUT2D eigenvalue weighted by atomic mass is 9.93. The second-order valence-corrected chi connectivity index (χ2v) is 6.25. The summed E-state index contributed by atoms with van der Waals surface area (Å²) in [5.41, 5.74) is 7.95. The zero-order chi connectivity index (χ0) is 13.3. The van der Waals surface area contributed by atoms with Crippen molar-refractivity contribution >= 4 is 17.2 Å². The van der Waals surface area contributed by atoms with Gasteiger partial charge in [0.1, 0.15) is 5.01 Å². The molecule has 0 aliphatic carbocycles. The summed E-state index contributed by atoms with van der Waals surface area (Å²) in [6.45, 7) is 9.19. The average Bonchev–Trinajstić information content (AvgIpc) is 2.86. The van der Waals surface area contributed by atoms with Gasteiger partial charge in [0.2, 0.25) is 0 Å². The Labute approximate surface area is 111 Å². The maximum atomic E-state index is 5.77. The van der Waals surface area contributed by atoms with Crippen molar-refractivity contribution in [3.8, 4) is 0 Å². The fourth-order valence-electron chi connectivity index (χ4n) is 1.69. The van der Waals surface area contributed by atoms with Crippen LogP contribution in [0.5, 0.6) is 0 Å². The Bertz CT molecular complexity index is 535. The van der Waals surface area contributed by atoms with Crippen LogP contribution >= 0.6 is 11.3 Å². The first-order chi connectivity index (χ1) is 8.41. The number of nitrogens with two attached hydrogens (primary N) is 1. The summed E-state index contributed by atoms with van der Waals surface area (Å²) in [5, 5.41) is 11.1. The highest BCUT2D eigenvalue weighted by atomic mass is 32.1. The van der Waals surface area contributed by atoms with Gasteiger partial charge in [-0.2, -0.15) is 0 Å². The van der Waals surface area contributed by atoms with E-state index in [0.717, 1.165) is 22.8 Å². The largest absolute Gasteiger partial charge is 0.381 e. The number of thiazole rings is 1. The van der Waals surface area contributed by atoms with Crippen LogP contribution in [0, 0.1) is 0 Å². The number of anilines is 1. The molecule has 2 heterocycles. The molecule has 0 aromatic carbocycles. The van der Waals surface area contributed by atoms with Gasteiger partial charge in [0.15, 0.2) is 5.82 Å². The molecule has 6 heteroatoms. The number of aromatic nitrogens is 4. The van der Waals surface area contributed by atoms with Gasteiger partial charge in [0, 0.05) is 10.8 Å². The van der Waals surface area contributed by atoms with E-state index in [1.54, 1.807) is 11.3 Å². The number of nitrogens with zero attached hydrogens (tertiary/aromatic N) is 4. The molecule has 5 nitrogen and oxygen atoms in total. The monoisotopic (exact) mass is 265 g/mol. The highest BCUT2D eigenvalue weighted by Gasteiger charge is 2.18. The Morgan fingerprint density at radius 2 is 2.11 bits per heavy atom.